The highest BCUT2D eigenvalue weighted by molar-refractivity contribution is 5.22. The minimum absolute atomic E-state index is 0.0287. The highest BCUT2D eigenvalue weighted by atomic mass is 16.5. The van der Waals surface area contributed by atoms with Gasteiger partial charge in [0.2, 0.25) is 5.88 Å². The van der Waals surface area contributed by atoms with E-state index >= 15 is 0 Å². The number of aromatic nitrogens is 1. The van der Waals surface area contributed by atoms with Gasteiger partial charge in [0.15, 0.2) is 0 Å². The highest BCUT2D eigenvalue weighted by Crippen LogP contribution is 2.15. The Morgan fingerprint density at radius 1 is 1.38 bits per heavy atom. The Balaban J connectivity index is 2.39. The summed E-state index contributed by atoms with van der Waals surface area (Å²) in [4.78, 5) is 4.16. The molecule has 1 atom stereocenters. The summed E-state index contributed by atoms with van der Waals surface area (Å²) < 4.78 is 5.58. The predicted octanol–water partition coefficient (Wildman–Crippen LogP) is 2.92. The Labute approximate surface area is 98.0 Å². The van der Waals surface area contributed by atoms with Gasteiger partial charge in [-0.05, 0) is 37.3 Å². The molecule has 2 N–H and O–H groups in total. The molecule has 3 nitrogen and oxygen atoms in total. The summed E-state index contributed by atoms with van der Waals surface area (Å²) in [6, 6.07) is 3.87. The standard InChI is InChI=1S/C13H22N2O/c1-10(2)5-4-8-16-13-9-12(11(3)14)6-7-15-13/h6-7,9-11H,4-5,8,14H2,1-3H3/t11-/m0/s1. The maximum absolute atomic E-state index is 5.79. The van der Waals surface area contributed by atoms with Crippen molar-refractivity contribution in [2.45, 2.75) is 39.7 Å². The van der Waals surface area contributed by atoms with Crippen LogP contribution in [0, 0.1) is 5.92 Å². The van der Waals surface area contributed by atoms with Gasteiger partial charge in [0.25, 0.3) is 0 Å². The fourth-order valence-corrected chi connectivity index (χ4v) is 1.46. The minimum atomic E-state index is 0.0287. The molecule has 1 aromatic rings. The van der Waals surface area contributed by atoms with E-state index in [1.54, 1.807) is 6.20 Å². The van der Waals surface area contributed by atoms with E-state index in [-0.39, 0.29) is 6.04 Å². The van der Waals surface area contributed by atoms with Gasteiger partial charge in [0.05, 0.1) is 6.61 Å². The monoisotopic (exact) mass is 222 g/mol. The van der Waals surface area contributed by atoms with Crippen LogP contribution in [0.3, 0.4) is 0 Å². The molecule has 3 heteroatoms. The summed E-state index contributed by atoms with van der Waals surface area (Å²) >= 11 is 0. The fraction of sp³-hybridized carbons (Fsp3) is 0.615. The molecule has 0 spiro atoms. The van der Waals surface area contributed by atoms with Crippen LogP contribution in [0.5, 0.6) is 5.88 Å². The van der Waals surface area contributed by atoms with Crippen molar-refractivity contribution in [1.82, 2.24) is 4.98 Å². The zero-order chi connectivity index (χ0) is 12.0. The third-order valence-corrected chi connectivity index (χ3v) is 2.46. The summed E-state index contributed by atoms with van der Waals surface area (Å²) in [7, 11) is 0. The van der Waals surface area contributed by atoms with Crippen LogP contribution in [-0.4, -0.2) is 11.6 Å². The van der Waals surface area contributed by atoms with Crippen molar-refractivity contribution in [2.24, 2.45) is 11.7 Å². The molecule has 90 valence electrons. The number of pyridine rings is 1. The van der Waals surface area contributed by atoms with Crippen molar-refractivity contribution in [3.8, 4) is 5.88 Å². The maximum Gasteiger partial charge on any atom is 0.213 e. The van der Waals surface area contributed by atoms with Crippen molar-refractivity contribution in [2.75, 3.05) is 6.61 Å². The zero-order valence-corrected chi connectivity index (χ0v) is 10.4. The SMILES string of the molecule is CC(C)CCCOc1cc([C@H](C)N)ccn1. The quantitative estimate of drug-likeness (QED) is 0.753. The number of nitrogens with two attached hydrogens (primary N) is 1. The van der Waals surface area contributed by atoms with Crippen molar-refractivity contribution >= 4 is 0 Å². The van der Waals surface area contributed by atoms with Crippen LogP contribution >= 0.6 is 0 Å². The van der Waals surface area contributed by atoms with Gasteiger partial charge in [-0.15, -0.1) is 0 Å². The van der Waals surface area contributed by atoms with E-state index in [4.69, 9.17) is 10.5 Å². The van der Waals surface area contributed by atoms with Gasteiger partial charge in [-0.25, -0.2) is 4.98 Å². The number of ether oxygens (including phenoxy) is 1. The van der Waals surface area contributed by atoms with Crippen molar-refractivity contribution in [3.63, 3.8) is 0 Å². The van der Waals surface area contributed by atoms with Crippen LogP contribution in [0.25, 0.3) is 0 Å². The van der Waals surface area contributed by atoms with Gasteiger partial charge in [-0.2, -0.15) is 0 Å². The molecule has 1 aromatic heterocycles. The first-order valence-electron chi connectivity index (χ1n) is 5.94. The first-order chi connectivity index (χ1) is 7.59. The predicted molar refractivity (Wildman–Crippen MR) is 66.4 cm³/mol. The van der Waals surface area contributed by atoms with E-state index < -0.39 is 0 Å². The normalized spacial score (nSPS) is 12.8. The summed E-state index contributed by atoms with van der Waals surface area (Å²) in [6.07, 6.45) is 4.01. The lowest BCUT2D eigenvalue weighted by molar-refractivity contribution is 0.287. The molecular formula is C13H22N2O. The average molecular weight is 222 g/mol. The molecule has 0 saturated carbocycles. The molecule has 0 aliphatic heterocycles. The number of rotatable bonds is 6. The van der Waals surface area contributed by atoms with E-state index in [1.807, 2.05) is 19.1 Å². The molecule has 0 saturated heterocycles. The van der Waals surface area contributed by atoms with Crippen LogP contribution < -0.4 is 10.5 Å². The lowest BCUT2D eigenvalue weighted by Gasteiger charge is -2.09. The van der Waals surface area contributed by atoms with E-state index in [1.165, 1.54) is 6.42 Å². The molecule has 0 radical (unpaired) electrons. The maximum atomic E-state index is 5.79. The van der Waals surface area contributed by atoms with Crippen LogP contribution in [0.2, 0.25) is 0 Å². The van der Waals surface area contributed by atoms with Crippen molar-refractivity contribution < 1.29 is 4.74 Å². The third-order valence-electron chi connectivity index (χ3n) is 2.46. The molecule has 16 heavy (non-hydrogen) atoms. The Morgan fingerprint density at radius 2 is 2.12 bits per heavy atom. The van der Waals surface area contributed by atoms with Crippen LogP contribution in [0.1, 0.15) is 45.2 Å². The van der Waals surface area contributed by atoms with Gasteiger partial charge < -0.3 is 10.5 Å². The second kappa shape index (κ2) is 6.48. The van der Waals surface area contributed by atoms with Crippen molar-refractivity contribution in [3.05, 3.63) is 23.9 Å². The molecule has 0 unspecified atom stereocenters. The second-order valence-electron chi connectivity index (χ2n) is 4.60. The molecule has 0 aromatic carbocycles. The van der Waals surface area contributed by atoms with E-state index in [0.29, 0.717) is 5.88 Å². The lowest BCUT2D eigenvalue weighted by atomic mass is 10.1. The largest absolute Gasteiger partial charge is 0.478 e. The van der Waals surface area contributed by atoms with Crippen LogP contribution in [0.15, 0.2) is 18.3 Å². The fourth-order valence-electron chi connectivity index (χ4n) is 1.46. The smallest absolute Gasteiger partial charge is 0.213 e. The molecule has 0 amide bonds. The number of hydrogen-bond acceptors (Lipinski definition) is 3. The Kier molecular flexibility index (Phi) is 5.26. The topological polar surface area (TPSA) is 48.1 Å². The van der Waals surface area contributed by atoms with Crippen LogP contribution in [0.4, 0.5) is 0 Å². The Hall–Kier alpha value is -1.09. The average Bonchev–Trinajstić information content (AvgIpc) is 2.24. The van der Waals surface area contributed by atoms with Gasteiger partial charge in [0, 0.05) is 18.3 Å². The first-order valence-corrected chi connectivity index (χ1v) is 5.94. The number of hydrogen-bond donors (Lipinski definition) is 1. The van der Waals surface area contributed by atoms with E-state index in [2.05, 4.69) is 18.8 Å². The van der Waals surface area contributed by atoms with E-state index in [0.717, 1.165) is 24.5 Å². The van der Waals surface area contributed by atoms with Crippen molar-refractivity contribution in [1.29, 1.82) is 0 Å². The molecule has 0 aliphatic carbocycles. The summed E-state index contributed by atoms with van der Waals surface area (Å²) in [5, 5.41) is 0. The van der Waals surface area contributed by atoms with Gasteiger partial charge >= 0.3 is 0 Å². The van der Waals surface area contributed by atoms with Gasteiger partial charge in [0.1, 0.15) is 0 Å². The van der Waals surface area contributed by atoms with E-state index in [9.17, 15) is 0 Å². The summed E-state index contributed by atoms with van der Waals surface area (Å²) in [6.45, 7) is 7.12. The molecular weight excluding hydrogens is 200 g/mol. The zero-order valence-electron chi connectivity index (χ0n) is 10.4. The second-order valence-corrected chi connectivity index (χ2v) is 4.60. The summed E-state index contributed by atoms with van der Waals surface area (Å²) in [5.74, 6) is 1.41. The Morgan fingerprint density at radius 3 is 2.75 bits per heavy atom. The molecule has 1 rings (SSSR count). The van der Waals surface area contributed by atoms with Crippen LogP contribution in [-0.2, 0) is 0 Å². The number of nitrogens with zero attached hydrogens (tertiary/aromatic N) is 1. The lowest BCUT2D eigenvalue weighted by Crippen LogP contribution is -2.06. The molecule has 1 heterocycles. The highest BCUT2D eigenvalue weighted by Gasteiger charge is 2.02. The van der Waals surface area contributed by atoms with Gasteiger partial charge in [-0.1, -0.05) is 13.8 Å². The molecule has 0 bridgehead atoms. The minimum Gasteiger partial charge on any atom is -0.478 e. The molecule has 0 fully saturated rings. The summed E-state index contributed by atoms with van der Waals surface area (Å²) in [5.41, 5.74) is 6.86. The third kappa shape index (κ3) is 4.62. The Bertz CT molecular complexity index is 311. The van der Waals surface area contributed by atoms with Gasteiger partial charge in [-0.3, -0.25) is 0 Å². The molecule has 0 aliphatic rings. The first kappa shape index (κ1) is 13.0.